The third-order valence-electron chi connectivity index (χ3n) is 2.89. The van der Waals surface area contributed by atoms with Gasteiger partial charge in [0.25, 0.3) is 0 Å². The Morgan fingerprint density at radius 1 is 1.37 bits per heavy atom. The molecular weight excluding hydrogens is 258 g/mol. The van der Waals surface area contributed by atoms with Gasteiger partial charge in [0.1, 0.15) is 4.88 Å². The minimum Gasteiger partial charge on any atom is -0.337 e. The molecule has 0 saturated heterocycles. The van der Waals surface area contributed by atoms with Crippen LogP contribution in [0, 0.1) is 11.3 Å². The monoisotopic (exact) mass is 269 g/mol. The zero-order chi connectivity index (χ0) is 13.4. The number of aromatic nitrogens is 4. The van der Waals surface area contributed by atoms with Gasteiger partial charge in [0.2, 0.25) is 0 Å². The number of imidazole rings is 1. The van der Waals surface area contributed by atoms with E-state index in [-0.39, 0.29) is 0 Å². The van der Waals surface area contributed by atoms with Crippen molar-refractivity contribution in [3.8, 4) is 16.8 Å². The number of rotatable bonds is 2. The van der Waals surface area contributed by atoms with Crippen molar-refractivity contribution in [2.75, 3.05) is 0 Å². The van der Waals surface area contributed by atoms with Crippen molar-refractivity contribution < 1.29 is 0 Å². The molecule has 1 N–H and O–H groups in total. The van der Waals surface area contributed by atoms with E-state index in [1.54, 1.807) is 12.1 Å². The van der Waals surface area contributed by atoms with E-state index in [2.05, 4.69) is 39.5 Å². The first kappa shape index (κ1) is 11.8. The molecule has 1 aromatic carbocycles. The maximum Gasteiger partial charge on any atom is 0.152 e. The summed E-state index contributed by atoms with van der Waals surface area (Å²) in [4.78, 5) is 8.74. The lowest BCUT2D eigenvalue weighted by atomic mass is 10.1. The second-order valence-corrected chi connectivity index (χ2v) is 5.33. The number of nitrogens with one attached hydrogen (secondary N) is 1. The first-order valence-electron chi connectivity index (χ1n) is 5.91. The normalized spacial score (nSPS) is 11.1. The van der Waals surface area contributed by atoms with Gasteiger partial charge in [-0.15, -0.1) is 5.10 Å². The van der Waals surface area contributed by atoms with Crippen molar-refractivity contribution in [3.63, 3.8) is 0 Å². The molecule has 2 heterocycles. The van der Waals surface area contributed by atoms with Crippen LogP contribution in [0.25, 0.3) is 21.7 Å². The Bertz CT molecular complexity index is 778. The smallest absolute Gasteiger partial charge is 0.152 e. The molecule has 0 spiro atoms. The van der Waals surface area contributed by atoms with Crippen molar-refractivity contribution >= 4 is 22.6 Å². The summed E-state index contributed by atoms with van der Waals surface area (Å²) >= 11 is 1.34. The van der Waals surface area contributed by atoms with Crippen molar-refractivity contribution in [1.82, 2.24) is 19.6 Å². The quantitative estimate of drug-likeness (QED) is 0.775. The lowest BCUT2D eigenvalue weighted by Crippen LogP contribution is -1.91. The molecule has 0 atom stereocenters. The van der Waals surface area contributed by atoms with E-state index in [9.17, 15) is 0 Å². The van der Waals surface area contributed by atoms with Gasteiger partial charge in [0.05, 0.1) is 28.4 Å². The highest BCUT2D eigenvalue weighted by atomic mass is 32.1. The fourth-order valence-electron chi connectivity index (χ4n) is 1.93. The molecule has 0 aliphatic heterocycles. The first-order valence-corrected chi connectivity index (χ1v) is 6.69. The second-order valence-electron chi connectivity index (χ2n) is 4.57. The van der Waals surface area contributed by atoms with E-state index >= 15 is 0 Å². The number of aromatic amines is 1. The van der Waals surface area contributed by atoms with Gasteiger partial charge < -0.3 is 4.98 Å². The fraction of sp³-hybridized carbons (Fsp3) is 0.231. The number of hydrogen-bond acceptors (Lipinski definition) is 5. The van der Waals surface area contributed by atoms with Gasteiger partial charge in [0, 0.05) is 0 Å². The molecule has 0 radical (unpaired) electrons. The average Bonchev–Trinajstić information content (AvgIpc) is 3.03. The van der Waals surface area contributed by atoms with E-state index in [1.807, 2.05) is 6.07 Å². The van der Waals surface area contributed by atoms with Crippen molar-refractivity contribution in [1.29, 1.82) is 5.26 Å². The van der Waals surface area contributed by atoms with Gasteiger partial charge in [-0.1, -0.05) is 18.3 Å². The van der Waals surface area contributed by atoms with E-state index in [4.69, 9.17) is 5.26 Å². The van der Waals surface area contributed by atoms with Crippen LogP contribution in [0.15, 0.2) is 18.2 Å². The third-order valence-corrected chi connectivity index (χ3v) is 3.63. The van der Waals surface area contributed by atoms with Crippen molar-refractivity contribution in [2.45, 2.75) is 19.8 Å². The molecular formula is C13H11N5S. The topological polar surface area (TPSA) is 78.2 Å². The van der Waals surface area contributed by atoms with Gasteiger partial charge in [-0.3, -0.25) is 0 Å². The van der Waals surface area contributed by atoms with E-state index < -0.39 is 0 Å². The van der Waals surface area contributed by atoms with Gasteiger partial charge in [-0.25, -0.2) is 4.98 Å². The van der Waals surface area contributed by atoms with Crippen LogP contribution in [0.5, 0.6) is 0 Å². The third kappa shape index (κ3) is 1.98. The van der Waals surface area contributed by atoms with Crippen LogP contribution in [0.4, 0.5) is 0 Å². The minimum atomic E-state index is 0.302. The molecule has 0 saturated carbocycles. The van der Waals surface area contributed by atoms with Crippen LogP contribution in [-0.4, -0.2) is 19.6 Å². The molecule has 0 fully saturated rings. The van der Waals surface area contributed by atoms with Gasteiger partial charge >= 0.3 is 0 Å². The highest BCUT2D eigenvalue weighted by Crippen LogP contribution is 2.30. The standard InChI is InChI=1S/C13H11N5S/c1-7(2)11-12(19-18-17-11)13-15-9-4-3-8(6-14)5-10(9)16-13/h3-5,7H,1-2H3,(H,15,16). The SMILES string of the molecule is CC(C)c1nnsc1-c1nc2ccc(C#N)cc2[nH]1. The van der Waals surface area contributed by atoms with Crippen LogP contribution in [0.1, 0.15) is 31.0 Å². The van der Waals surface area contributed by atoms with Gasteiger partial charge in [0.15, 0.2) is 5.82 Å². The number of fused-ring (bicyclic) bond motifs is 1. The average molecular weight is 269 g/mol. The molecule has 6 heteroatoms. The maximum absolute atomic E-state index is 8.90. The maximum atomic E-state index is 8.90. The summed E-state index contributed by atoms with van der Waals surface area (Å²) in [5.74, 6) is 1.07. The van der Waals surface area contributed by atoms with Crippen molar-refractivity contribution in [3.05, 3.63) is 29.5 Å². The second kappa shape index (κ2) is 4.44. The number of benzene rings is 1. The molecule has 0 amide bonds. The molecule has 0 bridgehead atoms. The molecule has 3 rings (SSSR count). The van der Waals surface area contributed by atoms with Crippen LogP contribution in [0.3, 0.4) is 0 Å². The number of nitrogens with zero attached hydrogens (tertiary/aromatic N) is 4. The number of nitriles is 1. The molecule has 19 heavy (non-hydrogen) atoms. The fourth-order valence-corrected chi connectivity index (χ4v) is 2.69. The summed E-state index contributed by atoms with van der Waals surface area (Å²) < 4.78 is 4.00. The molecule has 0 aliphatic rings. The number of hydrogen-bond donors (Lipinski definition) is 1. The minimum absolute atomic E-state index is 0.302. The molecule has 0 aliphatic carbocycles. The Morgan fingerprint density at radius 3 is 2.95 bits per heavy atom. The Kier molecular flexibility index (Phi) is 2.76. The first-order chi connectivity index (χ1) is 9.19. The lowest BCUT2D eigenvalue weighted by Gasteiger charge is -2.00. The Hall–Kier alpha value is -2.26. The zero-order valence-corrected chi connectivity index (χ0v) is 11.3. The van der Waals surface area contributed by atoms with E-state index in [0.29, 0.717) is 11.5 Å². The van der Waals surface area contributed by atoms with E-state index in [0.717, 1.165) is 27.4 Å². The number of H-pyrrole nitrogens is 1. The summed E-state index contributed by atoms with van der Waals surface area (Å²) in [6, 6.07) is 7.53. The van der Waals surface area contributed by atoms with Crippen molar-refractivity contribution in [2.24, 2.45) is 0 Å². The highest BCUT2D eigenvalue weighted by Gasteiger charge is 2.16. The molecule has 2 aromatic heterocycles. The van der Waals surface area contributed by atoms with Gasteiger partial charge in [-0.2, -0.15) is 5.26 Å². The van der Waals surface area contributed by atoms with Crippen LogP contribution in [-0.2, 0) is 0 Å². The summed E-state index contributed by atoms with van der Waals surface area (Å²) in [6.07, 6.45) is 0. The van der Waals surface area contributed by atoms with E-state index in [1.165, 1.54) is 11.5 Å². The Labute approximate surface area is 114 Å². The summed E-state index contributed by atoms with van der Waals surface area (Å²) in [5.41, 5.74) is 3.27. The summed E-state index contributed by atoms with van der Waals surface area (Å²) in [5, 5.41) is 13.1. The Morgan fingerprint density at radius 2 is 2.21 bits per heavy atom. The highest BCUT2D eigenvalue weighted by molar-refractivity contribution is 7.09. The van der Waals surface area contributed by atoms with Crippen LogP contribution in [0.2, 0.25) is 0 Å². The van der Waals surface area contributed by atoms with Crippen LogP contribution >= 0.6 is 11.5 Å². The Balaban J connectivity index is 2.16. The lowest BCUT2D eigenvalue weighted by molar-refractivity contribution is 0.813. The molecule has 5 nitrogen and oxygen atoms in total. The zero-order valence-electron chi connectivity index (χ0n) is 10.5. The largest absolute Gasteiger partial charge is 0.337 e. The molecule has 0 unspecified atom stereocenters. The summed E-state index contributed by atoms with van der Waals surface area (Å²) in [6.45, 7) is 4.16. The molecule has 3 aromatic rings. The predicted octanol–water partition coefficient (Wildman–Crippen LogP) is 3.08. The summed E-state index contributed by atoms with van der Waals surface area (Å²) in [7, 11) is 0. The predicted molar refractivity (Wildman–Crippen MR) is 73.8 cm³/mol. The van der Waals surface area contributed by atoms with Gasteiger partial charge in [-0.05, 0) is 35.6 Å². The molecule has 94 valence electrons. The van der Waals surface area contributed by atoms with Crippen LogP contribution < -0.4 is 0 Å².